The highest BCUT2D eigenvalue weighted by molar-refractivity contribution is 5.80. The maximum atomic E-state index is 11.8. The molecule has 0 aliphatic carbocycles. The number of morpholine rings is 1. The Labute approximate surface area is 125 Å². The molecule has 0 N–H and O–H groups in total. The van der Waals surface area contributed by atoms with Crippen molar-refractivity contribution in [2.24, 2.45) is 5.92 Å². The fourth-order valence-corrected chi connectivity index (χ4v) is 2.46. The summed E-state index contributed by atoms with van der Waals surface area (Å²) in [4.78, 5) is 18.4. The van der Waals surface area contributed by atoms with Crippen LogP contribution in [0.1, 0.15) is 51.9 Å². The molecule has 118 valence electrons. The topological polar surface area (TPSA) is 68.5 Å². The lowest BCUT2D eigenvalue weighted by Crippen LogP contribution is -2.42. The summed E-state index contributed by atoms with van der Waals surface area (Å²) in [6.07, 6.45) is 0.587. The molecule has 0 spiro atoms. The third-order valence-corrected chi connectivity index (χ3v) is 3.58. The van der Waals surface area contributed by atoms with E-state index in [9.17, 15) is 4.79 Å². The Morgan fingerprint density at radius 3 is 2.81 bits per heavy atom. The normalized spacial score (nSPS) is 20.4. The number of carbonyl (C=O) groups excluding carboxylic acids is 1. The number of hydrogen-bond acceptors (Lipinski definition) is 6. The van der Waals surface area contributed by atoms with Gasteiger partial charge in [0.05, 0.1) is 13.0 Å². The lowest BCUT2D eigenvalue weighted by Gasteiger charge is -2.34. The van der Waals surface area contributed by atoms with Crippen LogP contribution < -0.4 is 0 Å². The summed E-state index contributed by atoms with van der Waals surface area (Å²) in [6.45, 7) is 10.7. The summed E-state index contributed by atoms with van der Waals surface area (Å²) >= 11 is 0. The van der Waals surface area contributed by atoms with Gasteiger partial charge in [0.1, 0.15) is 11.9 Å². The monoisotopic (exact) mass is 295 g/mol. The van der Waals surface area contributed by atoms with Crippen molar-refractivity contribution >= 4 is 5.78 Å². The van der Waals surface area contributed by atoms with Gasteiger partial charge < -0.3 is 9.26 Å². The average Bonchev–Trinajstić information content (AvgIpc) is 2.86. The molecule has 6 heteroatoms. The molecule has 1 aromatic rings. The van der Waals surface area contributed by atoms with Gasteiger partial charge in [-0.1, -0.05) is 19.0 Å². The summed E-state index contributed by atoms with van der Waals surface area (Å²) in [5.41, 5.74) is 0. The van der Waals surface area contributed by atoms with Crippen LogP contribution in [-0.4, -0.2) is 46.6 Å². The van der Waals surface area contributed by atoms with E-state index in [2.05, 4.69) is 28.9 Å². The van der Waals surface area contributed by atoms with Gasteiger partial charge in [-0.15, -0.1) is 0 Å². The SMILES string of the molecule is CC(C)CC(=O)Cc1nc(C2CN(C(C)C)CCO2)no1. The zero-order valence-electron chi connectivity index (χ0n) is 13.3. The Morgan fingerprint density at radius 1 is 1.38 bits per heavy atom. The summed E-state index contributed by atoms with van der Waals surface area (Å²) < 4.78 is 10.9. The Balaban J connectivity index is 1.94. The van der Waals surface area contributed by atoms with Crippen molar-refractivity contribution < 1.29 is 14.1 Å². The minimum absolute atomic E-state index is 0.133. The summed E-state index contributed by atoms with van der Waals surface area (Å²) in [5.74, 6) is 1.42. The summed E-state index contributed by atoms with van der Waals surface area (Å²) in [5, 5.41) is 3.98. The van der Waals surface area contributed by atoms with Gasteiger partial charge in [-0.2, -0.15) is 4.98 Å². The second kappa shape index (κ2) is 7.13. The van der Waals surface area contributed by atoms with E-state index in [0.717, 1.165) is 13.1 Å². The number of rotatable bonds is 6. The molecule has 0 amide bonds. The molecule has 1 aliphatic rings. The summed E-state index contributed by atoms with van der Waals surface area (Å²) in [6, 6.07) is 0.468. The highest BCUT2D eigenvalue weighted by Crippen LogP contribution is 2.21. The van der Waals surface area contributed by atoms with Crippen molar-refractivity contribution in [3.8, 4) is 0 Å². The second-order valence-electron chi connectivity index (χ2n) is 6.31. The van der Waals surface area contributed by atoms with Crippen LogP contribution in [0.15, 0.2) is 4.52 Å². The second-order valence-corrected chi connectivity index (χ2v) is 6.31. The van der Waals surface area contributed by atoms with Gasteiger partial charge in [-0.3, -0.25) is 9.69 Å². The number of ketones is 1. The first-order chi connectivity index (χ1) is 9.95. The van der Waals surface area contributed by atoms with Crippen LogP contribution in [0.3, 0.4) is 0 Å². The van der Waals surface area contributed by atoms with Crippen molar-refractivity contribution in [2.75, 3.05) is 19.7 Å². The molecule has 0 radical (unpaired) electrons. The van der Waals surface area contributed by atoms with Gasteiger partial charge in [0, 0.05) is 25.6 Å². The lowest BCUT2D eigenvalue weighted by molar-refractivity contribution is -0.119. The number of ether oxygens (including phenoxy) is 1. The van der Waals surface area contributed by atoms with E-state index < -0.39 is 0 Å². The molecule has 0 bridgehead atoms. The zero-order chi connectivity index (χ0) is 15.4. The number of nitrogens with zero attached hydrogens (tertiary/aromatic N) is 3. The first kappa shape index (κ1) is 16.1. The van der Waals surface area contributed by atoms with E-state index in [1.54, 1.807) is 0 Å². The Morgan fingerprint density at radius 2 is 2.14 bits per heavy atom. The molecule has 1 fully saturated rings. The van der Waals surface area contributed by atoms with Crippen molar-refractivity contribution in [3.05, 3.63) is 11.7 Å². The molecule has 1 aliphatic heterocycles. The predicted octanol–water partition coefficient (Wildman–Crippen LogP) is 2.01. The van der Waals surface area contributed by atoms with Crippen LogP contribution in [0.5, 0.6) is 0 Å². The maximum Gasteiger partial charge on any atom is 0.234 e. The van der Waals surface area contributed by atoms with Crippen molar-refractivity contribution in [1.82, 2.24) is 15.0 Å². The predicted molar refractivity (Wildman–Crippen MR) is 77.9 cm³/mol. The highest BCUT2D eigenvalue weighted by atomic mass is 16.5. The minimum Gasteiger partial charge on any atom is -0.367 e. The first-order valence-electron chi connectivity index (χ1n) is 7.65. The van der Waals surface area contributed by atoms with Gasteiger partial charge in [0.25, 0.3) is 0 Å². The third-order valence-electron chi connectivity index (χ3n) is 3.58. The molecule has 0 saturated carbocycles. The van der Waals surface area contributed by atoms with Gasteiger partial charge >= 0.3 is 0 Å². The number of hydrogen-bond donors (Lipinski definition) is 0. The molecule has 1 aromatic heterocycles. The molecule has 21 heavy (non-hydrogen) atoms. The van der Waals surface area contributed by atoms with Crippen molar-refractivity contribution in [1.29, 1.82) is 0 Å². The lowest BCUT2D eigenvalue weighted by atomic mass is 10.1. The number of carbonyl (C=O) groups is 1. The maximum absolute atomic E-state index is 11.8. The molecular formula is C15H25N3O3. The van der Waals surface area contributed by atoms with E-state index >= 15 is 0 Å². The molecule has 1 saturated heterocycles. The van der Waals surface area contributed by atoms with Gasteiger partial charge in [0.15, 0.2) is 0 Å². The Bertz CT molecular complexity index is 470. The fraction of sp³-hybridized carbons (Fsp3) is 0.800. The van der Waals surface area contributed by atoms with Gasteiger partial charge in [-0.05, 0) is 19.8 Å². The highest BCUT2D eigenvalue weighted by Gasteiger charge is 2.27. The van der Waals surface area contributed by atoms with Crippen LogP contribution in [0.4, 0.5) is 0 Å². The van der Waals surface area contributed by atoms with E-state index in [1.807, 2.05) is 13.8 Å². The van der Waals surface area contributed by atoms with Crippen molar-refractivity contribution in [3.63, 3.8) is 0 Å². The Hall–Kier alpha value is -1.27. The molecule has 6 nitrogen and oxygen atoms in total. The fourth-order valence-electron chi connectivity index (χ4n) is 2.46. The molecule has 2 rings (SSSR count). The van der Waals surface area contributed by atoms with Gasteiger partial charge in [0.2, 0.25) is 11.7 Å². The molecule has 2 heterocycles. The number of Topliss-reactive ketones (excluding diaryl/α,β-unsaturated/α-hetero) is 1. The Kier molecular flexibility index (Phi) is 5.47. The standard InChI is InChI=1S/C15H25N3O3/c1-10(2)7-12(19)8-14-16-15(17-21-14)13-9-18(11(3)4)5-6-20-13/h10-11,13H,5-9H2,1-4H3. The van der Waals surface area contributed by atoms with Crippen molar-refractivity contribution in [2.45, 2.75) is 52.7 Å². The van der Waals surface area contributed by atoms with Crippen LogP contribution >= 0.6 is 0 Å². The van der Waals surface area contributed by atoms with Crippen LogP contribution in [0, 0.1) is 5.92 Å². The molecule has 0 aromatic carbocycles. The zero-order valence-corrected chi connectivity index (χ0v) is 13.3. The molecular weight excluding hydrogens is 270 g/mol. The number of aromatic nitrogens is 2. The van der Waals surface area contributed by atoms with E-state index in [1.165, 1.54) is 0 Å². The molecule has 1 atom stereocenters. The minimum atomic E-state index is -0.168. The van der Waals surface area contributed by atoms with Crippen LogP contribution in [-0.2, 0) is 16.0 Å². The largest absolute Gasteiger partial charge is 0.367 e. The van der Waals surface area contributed by atoms with Crippen LogP contribution in [0.2, 0.25) is 0 Å². The van der Waals surface area contributed by atoms with E-state index in [4.69, 9.17) is 9.26 Å². The van der Waals surface area contributed by atoms with Gasteiger partial charge in [-0.25, -0.2) is 0 Å². The van der Waals surface area contributed by atoms with E-state index in [0.29, 0.717) is 36.7 Å². The van der Waals surface area contributed by atoms with Crippen LogP contribution in [0.25, 0.3) is 0 Å². The average molecular weight is 295 g/mol. The third kappa shape index (κ3) is 4.61. The first-order valence-corrected chi connectivity index (χ1v) is 7.65. The molecule has 1 unspecified atom stereocenters. The quantitative estimate of drug-likeness (QED) is 0.799. The summed E-state index contributed by atoms with van der Waals surface area (Å²) in [7, 11) is 0. The smallest absolute Gasteiger partial charge is 0.234 e. The van der Waals surface area contributed by atoms with E-state index in [-0.39, 0.29) is 18.3 Å².